The summed E-state index contributed by atoms with van der Waals surface area (Å²) in [5, 5.41) is 15.2. The van der Waals surface area contributed by atoms with Gasteiger partial charge in [0.05, 0.1) is 16.6 Å². The summed E-state index contributed by atoms with van der Waals surface area (Å²) in [4.78, 5) is 43.7. The third kappa shape index (κ3) is 3.89. The lowest BCUT2D eigenvalue weighted by Gasteiger charge is -2.34. The Morgan fingerprint density at radius 3 is 2.52 bits per heavy atom. The van der Waals surface area contributed by atoms with Gasteiger partial charge in [-0.25, -0.2) is 0 Å². The van der Waals surface area contributed by atoms with Gasteiger partial charge in [0.25, 0.3) is 0 Å². The van der Waals surface area contributed by atoms with E-state index in [1.807, 2.05) is 24.3 Å². The van der Waals surface area contributed by atoms with Crippen molar-refractivity contribution in [3.05, 3.63) is 24.3 Å². The van der Waals surface area contributed by atoms with E-state index in [-0.39, 0.29) is 29.6 Å². The molecule has 0 aliphatic carbocycles. The maximum atomic E-state index is 13.6. The van der Waals surface area contributed by atoms with Crippen molar-refractivity contribution in [3.63, 3.8) is 0 Å². The van der Waals surface area contributed by atoms with E-state index in [2.05, 4.69) is 29.4 Å². The molecular weight excluding hydrogens is 440 g/mol. The van der Waals surface area contributed by atoms with Crippen LogP contribution >= 0.6 is 11.8 Å². The van der Waals surface area contributed by atoms with Gasteiger partial charge >= 0.3 is 0 Å². The van der Waals surface area contributed by atoms with Crippen LogP contribution in [0, 0.1) is 11.8 Å². The topological polar surface area (TPSA) is 102 Å². The predicted octanol–water partition coefficient (Wildman–Crippen LogP) is 1.69. The molecule has 0 saturated carbocycles. The molecule has 0 aromatic heterocycles. The van der Waals surface area contributed by atoms with Crippen LogP contribution in [0.25, 0.3) is 0 Å². The van der Waals surface area contributed by atoms with Gasteiger partial charge in [-0.15, -0.1) is 11.8 Å². The zero-order chi connectivity index (χ0) is 23.8. The Bertz CT molecular complexity index is 906. The van der Waals surface area contributed by atoms with Gasteiger partial charge in [-0.2, -0.15) is 0 Å². The minimum atomic E-state index is -0.659. The monoisotopic (exact) mass is 474 g/mol. The molecule has 9 heteroatoms. The summed E-state index contributed by atoms with van der Waals surface area (Å²) in [6.45, 7) is 6.26. The number of aliphatic hydroxyl groups is 1. The Morgan fingerprint density at radius 1 is 1.21 bits per heavy atom. The normalized spacial score (nSPS) is 29.8. The van der Waals surface area contributed by atoms with Crippen LogP contribution in [0.3, 0.4) is 0 Å². The standard InChI is InChI=1S/C24H34N4O4S/c1-4-27(5-2)16-9-7-15(8-10-16)26-22(31)20-24-12-11-17(33-24)18(21(30)25-3)19(24)23(32)28(20)13-6-14-29/h7-10,17-20,29H,4-6,11-14H2,1-3H3,(H,25,30)(H,26,31)/t17-,18+,19+,20?,24?/m1/s1. The average Bonchev–Trinajstić information content (AvgIpc) is 3.46. The van der Waals surface area contributed by atoms with Gasteiger partial charge in [0.2, 0.25) is 17.7 Å². The third-order valence-electron chi connectivity index (χ3n) is 7.42. The number of thioether (sulfide) groups is 1. The molecule has 3 aliphatic heterocycles. The minimum absolute atomic E-state index is 0.0579. The predicted molar refractivity (Wildman–Crippen MR) is 130 cm³/mol. The molecule has 3 fully saturated rings. The number of carbonyl (C=O) groups is 3. The van der Waals surface area contributed by atoms with Gasteiger partial charge in [0, 0.05) is 49.9 Å². The number of hydrogen-bond acceptors (Lipinski definition) is 6. The minimum Gasteiger partial charge on any atom is -0.396 e. The van der Waals surface area contributed by atoms with Crippen molar-refractivity contribution in [1.82, 2.24) is 10.2 Å². The maximum Gasteiger partial charge on any atom is 0.248 e. The van der Waals surface area contributed by atoms with Gasteiger partial charge < -0.3 is 25.5 Å². The van der Waals surface area contributed by atoms with Gasteiger partial charge in [0.1, 0.15) is 6.04 Å². The second-order valence-electron chi connectivity index (χ2n) is 8.99. The summed E-state index contributed by atoms with van der Waals surface area (Å²) in [6.07, 6.45) is 1.96. The van der Waals surface area contributed by atoms with Crippen molar-refractivity contribution in [1.29, 1.82) is 0 Å². The highest BCUT2D eigenvalue weighted by Crippen LogP contribution is 2.66. The van der Waals surface area contributed by atoms with E-state index in [0.717, 1.165) is 31.6 Å². The first-order valence-corrected chi connectivity index (χ1v) is 12.8. The molecule has 4 rings (SSSR count). The van der Waals surface area contributed by atoms with Crippen molar-refractivity contribution >= 4 is 40.9 Å². The van der Waals surface area contributed by atoms with Gasteiger partial charge in [0.15, 0.2) is 0 Å². The number of benzene rings is 1. The lowest BCUT2D eigenvalue weighted by Crippen LogP contribution is -2.51. The first-order chi connectivity index (χ1) is 15.9. The lowest BCUT2D eigenvalue weighted by atomic mass is 9.71. The molecular formula is C24H34N4O4S. The zero-order valence-electron chi connectivity index (χ0n) is 19.5. The molecule has 180 valence electrons. The van der Waals surface area contributed by atoms with E-state index in [4.69, 9.17) is 0 Å². The summed E-state index contributed by atoms with van der Waals surface area (Å²) in [7, 11) is 1.60. The number of carbonyl (C=O) groups excluding carboxylic acids is 3. The first-order valence-electron chi connectivity index (χ1n) is 11.9. The summed E-state index contributed by atoms with van der Waals surface area (Å²) in [6, 6.07) is 7.10. The van der Waals surface area contributed by atoms with Crippen LogP contribution in [0.2, 0.25) is 0 Å². The third-order valence-corrected chi connectivity index (χ3v) is 9.37. The SMILES string of the molecule is CCN(CC)c1ccc(NC(=O)C2N(CCCO)C(=O)[C@@H]3[C@@H](C(=O)NC)[C@H]4CCC23S4)cc1. The molecule has 0 radical (unpaired) electrons. The largest absolute Gasteiger partial charge is 0.396 e. The van der Waals surface area contributed by atoms with Crippen molar-refractivity contribution in [2.24, 2.45) is 11.8 Å². The van der Waals surface area contributed by atoms with Crippen molar-refractivity contribution in [2.45, 2.75) is 49.1 Å². The Balaban J connectivity index is 1.61. The van der Waals surface area contributed by atoms with Crippen molar-refractivity contribution < 1.29 is 19.5 Å². The molecule has 33 heavy (non-hydrogen) atoms. The van der Waals surface area contributed by atoms with Crippen LogP contribution in [-0.2, 0) is 14.4 Å². The number of nitrogens with one attached hydrogen (secondary N) is 2. The summed E-state index contributed by atoms with van der Waals surface area (Å²) >= 11 is 1.65. The molecule has 3 N–H and O–H groups in total. The second-order valence-corrected chi connectivity index (χ2v) is 10.6. The maximum absolute atomic E-state index is 13.6. The van der Waals surface area contributed by atoms with Gasteiger partial charge in [-0.1, -0.05) is 0 Å². The van der Waals surface area contributed by atoms with Crippen molar-refractivity contribution in [2.75, 3.05) is 43.5 Å². The molecule has 8 nitrogen and oxygen atoms in total. The fourth-order valence-corrected chi connectivity index (χ4v) is 8.18. The first kappa shape index (κ1) is 23.9. The average molecular weight is 475 g/mol. The summed E-state index contributed by atoms with van der Waals surface area (Å²) < 4.78 is -0.598. The number of amides is 3. The number of aliphatic hydroxyl groups excluding tert-OH is 1. The van der Waals surface area contributed by atoms with Gasteiger partial charge in [-0.3, -0.25) is 14.4 Å². The van der Waals surface area contributed by atoms with E-state index in [1.54, 1.807) is 23.7 Å². The van der Waals surface area contributed by atoms with E-state index in [9.17, 15) is 19.5 Å². The van der Waals surface area contributed by atoms with Crippen LogP contribution in [0.4, 0.5) is 11.4 Å². The van der Waals surface area contributed by atoms with Crippen LogP contribution in [0.1, 0.15) is 33.1 Å². The quantitative estimate of drug-likeness (QED) is 0.504. The molecule has 3 amide bonds. The molecule has 2 unspecified atom stereocenters. The molecule has 1 spiro atoms. The highest BCUT2D eigenvalue weighted by Gasteiger charge is 2.73. The molecule has 3 aliphatic rings. The van der Waals surface area contributed by atoms with Gasteiger partial charge in [-0.05, 0) is 57.4 Å². The van der Waals surface area contributed by atoms with E-state index in [1.165, 1.54) is 0 Å². The highest BCUT2D eigenvalue weighted by atomic mass is 32.2. The Kier molecular flexibility index (Phi) is 6.91. The van der Waals surface area contributed by atoms with E-state index >= 15 is 0 Å². The summed E-state index contributed by atoms with van der Waals surface area (Å²) in [5.41, 5.74) is 1.78. The summed E-state index contributed by atoms with van der Waals surface area (Å²) in [5.74, 6) is -1.39. The molecule has 3 saturated heterocycles. The number of anilines is 2. The Labute approximate surface area is 199 Å². The zero-order valence-corrected chi connectivity index (χ0v) is 20.4. The number of rotatable bonds is 9. The van der Waals surface area contributed by atoms with Crippen LogP contribution in [-0.4, -0.2) is 77.1 Å². The number of likely N-dealkylation sites (tertiary alicyclic amines) is 1. The smallest absolute Gasteiger partial charge is 0.248 e. The van der Waals surface area contributed by atoms with Crippen LogP contribution in [0.15, 0.2) is 24.3 Å². The fraction of sp³-hybridized carbons (Fsp3) is 0.625. The molecule has 1 aromatic rings. The molecule has 2 bridgehead atoms. The fourth-order valence-electron chi connectivity index (χ4n) is 5.96. The molecule has 3 heterocycles. The highest BCUT2D eigenvalue weighted by molar-refractivity contribution is 8.02. The molecule has 1 aromatic carbocycles. The van der Waals surface area contributed by atoms with Crippen molar-refractivity contribution in [3.8, 4) is 0 Å². The van der Waals surface area contributed by atoms with E-state index in [0.29, 0.717) is 18.7 Å². The number of nitrogens with zero attached hydrogens (tertiary/aromatic N) is 2. The molecule has 5 atom stereocenters. The Morgan fingerprint density at radius 2 is 1.91 bits per heavy atom. The van der Waals surface area contributed by atoms with Crippen LogP contribution in [0.5, 0.6) is 0 Å². The number of fused-ring (bicyclic) bond motifs is 1. The van der Waals surface area contributed by atoms with Crippen LogP contribution < -0.4 is 15.5 Å². The Hall–Kier alpha value is -2.26. The second kappa shape index (κ2) is 9.54. The number of hydrogen-bond donors (Lipinski definition) is 3. The van der Waals surface area contributed by atoms with E-state index < -0.39 is 22.6 Å². The lowest BCUT2D eigenvalue weighted by molar-refractivity contribution is -0.139.